The van der Waals surface area contributed by atoms with Crippen molar-refractivity contribution in [1.29, 1.82) is 0 Å². The van der Waals surface area contributed by atoms with E-state index in [-0.39, 0.29) is 37.6 Å². The van der Waals surface area contributed by atoms with Crippen LogP contribution in [0, 0.1) is 0 Å². The van der Waals surface area contributed by atoms with E-state index in [1.54, 1.807) is 25.7 Å². The summed E-state index contributed by atoms with van der Waals surface area (Å²) in [7, 11) is 0. The van der Waals surface area contributed by atoms with Crippen LogP contribution in [0.3, 0.4) is 0 Å². The predicted molar refractivity (Wildman–Crippen MR) is 89.4 cm³/mol. The third-order valence-corrected chi connectivity index (χ3v) is 3.84. The standard InChI is InChI=1S/C17H30N2O5/c1-12-7-6-8-13(2)19(12)14(20)11-23-15(21)9-10-18-16(22)24-17(3,4)5/h12-13H,6-11H2,1-5H3,(H,18,22)/t12-,13-/m0/s1. The normalized spacial score (nSPS) is 21.1. The lowest BCUT2D eigenvalue weighted by Crippen LogP contribution is -2.49. The fraction of sp³-hybridized carbons (Fsp3) is 0.824. The topological polar surface area (TPSA) is 84.9 Å². The molecule has 138 valence electrons. The molecule has 0 saturated carbocycles. The quantitative estimate of drug-likeness (QED) is 0.775. The minimum Gasteiger partial charge on any atom is -0.456 e. The fourth-order valence-corrected chi connectivity index (χ4v) is 2.78. The van der Waals surface area contributed by atoms with Gasteiger partial charge in [-0.2, -0.15) is 0 Å². The van der Waals surface area contributed by atoms with Crippen molar-refractivity contribution in [2.24, 2.45) is 0 Å². The van der Waals surface area contributed by atoms with Gasteiger partial charge in [0.05, 0.1) is 6.42 Å². The molecule has 1 heterocycles. The van der Waals surface area contributed by atoms with Crippen molar-refractivity contribution in [3.63, 3.8) is 0 Å². The number of esters is 1. The molecule has 7 nitrogen and oxygen atoms in total. The number of ether oxygens (including phenoxy) is 2. The molecule has 0 aromatic carbocycles. The van der Waals surface area contributed by atoms with Crippen LogP contribution in [0.2, 0.25) is 0 Å². The van der Waals surface area contributed by atoms with Gasteiger partial charge in [0, 0.05) is 18.6 Å². The lowest BCUT2D eigenvalue weighted by molar-refractivity contribution is -0.154. The molecule has 1 N–H and O–H groups in total. The van der Waals surface area contributed by atoms with Crippen molar-refractivity contribution in [1.82, 2.24) is 10.2 Å². The van der Waals surface area contributed by atoms with E-state index in [0.29, 0.717) is 0 Å². The number of hydrogen-bond acceptors (Lipinski definition) is 5. The van der Waals surface area contributed by atoms with Crippen LogP contribution in [0.4, 0.5) is 4.79 Å². The maximum Gasteiger partial charge on any atom is 0.407 e. The lowest BCUT2D eigenvalue weighted by Gasteiger charge is -2.38. The second-order valence-corrected chi connectivity index (χ2v) is 7.27. The maximum atomic E-state index is 12.2. The van der Waals surface area contributed by atoms with Gasteiger partial charge in [0.25, 0.3) is 5.91 Å². The number of hydrogen-bond donors (Lipinski definition) is 1. The number of piperidine rings is 1. The third-order valence-electron chi connectivity index (χ3n) is 3.84. The number of carbonyl (C=O) groups excluding carboxylic acids is 3. The van der Waals surface area contributed by atoms with E-state index >= 15 is 0 Å². The smallest absolute Gasteiger partial charge is 0.407 e. The highest BCUT2D eigenvalue weighted by molar-refractivity contribution is 5.81. The van der Waals surface area contributed by atoms with Crippen molar-refractivity contribution < 1.29 is 23.9 Å². The monoisotopic (exact) mass is 342 g/mol. The molecule has 0 aliphatic carbocycles. The Morgan fingerprint density at radius 1 is 1.12 bits per heavy atom. The van der Waals surface area contributed by atoms with Gasteiger partial charge in [0.2, 0.25) is 0 Å². The summed E-state index contributed by atoms with van der Waals surface area (Å²) in [5.74, 6) is -0.681. The fourth-order valence-electron chi connectivity index (χ4n) is 2.78. The Morgan fingerprint density at radius 3 is 2.25 bits per heavy atom. The second kappa shape index (κ2) is 8.89. The first-order valence-electron chi connectivity index (χ1n) is 8.54. The SMILES string of the molecule is C[C@H]1CCC[C@H](C)N1C(=O)COC(=O)CCNC(=O)OC(C)(C)C. The third kappa shape index (κ3) is 7.19. The molecule has 2 amide bonds. The van der Waals surface area contributed by atoms with Crippen LogP contribution in [0.15, 0.2) is 0 Å². The molecule has 1 fully saturated rings. The van der Waals surface area contributed by atoms with E-state index in [1.165, 1.54) is 0 Å². The number of rotatable bonds is 5. The molecule has 0 radical (unpaired) electrons. The van der Waals surface area contributed by atoms with Crippen LogP contribution in [0.5, 0.6) is 0 Å². The van der Waals surface area contributed by atoms with E-state index in [1.807, 2.05) is 13.8 Å². The maximum absolute atomic E-state index is 12.2. The predicted octanol–water partition coefficient (Wildman–Crippen LogP) is 2.23. The molecule has 0 aromatic heterocycles. The van der Waals surface area contributed by atoms with Crippen LogP contribution in [-0.2, 0) is 19.1 Å². The molecule has 2 atom stereocenters. The zero-order valence-electron chi connectivity index (χ0n) is 15.4. The first kappa shape index (κ1) is 20.3. The van der Waals surface area contributed by atoms with E-state index in [4.69, 9.17) is 9.47 Å². The molecule has 0 bridgehead atoms. The Kier molecular flexibility index (Phi) is 7.51. The van der Waals surface area contributed by atoms with Gasteiger partial charge in [-0.3, -0.25) is 9.59 Å². The summed E-state index contributed by atoms with van der Waals surface area (Å²) in [6, 6.07) is 0.350. The van der Waals surface area contributed by atoms with Crippen LogP contribution in [0.25, 0.3) is 0 Å². The molecule has 1 aliphatic heterocycles. The van der Waals surface area contributed by atoms with E-state index in [2.05, 4.69) is 5.32 Å². The van der Waals surface area contributed by atoms with Gasteiger partial charge < -0.3 is 19.7 Å². The molecule has 1 aliphatic rings. The van der Waals surface area contributed by atoms with Gasteiger partial charge in [-0.1, -0.05) is 0 Å². The van der Waals surface area contributed by atoms with Gasteiger partial charge in [0.1, 0.15) is 5.60 Å². The van der Waals surface area contributed by atoms with Crippen LogP contribution < -0.4 is 5.32 Å². The Labute approximate surface area is 144 Å². The molecular formula is C17H30N2O5. The van der Waals surface area contributed by atoms with E-state index in [0.717, 1.165) is 19.3 Å². The summed E-state index contributed by atoms with van der Waals surface area (Å²) in [6.07, 6.45) is 2.48. The molecule has 1 saturated heterocycles. The van der Waals surface area contributed by atoms with Crippen LogP contribution in [-0.4, -0.2) is 53.7 Å². The van der Waals surface area contributed by atoms with Crippen molar-refractivity contribution in [2.45, 2.75) is 78.0 Å². The van der Waals surface area contributed by atoms with Crippen molar-refractivity contribution in [3.8, 4) is 0 Å². The van der Waals surface area contributed by atoms with E-state index < -0.39 is 17.7 Å². The number of nitrogens with one attached hydrogen (secondary N) is 1. The first-order chi connectivity index (χ1) is 11.1. The first-order valence-corrected chi connectivity index (χ1v) is 8.54. The van der Waals surface area contributed by atoms with Crippen LogP contribution in [0.1, 0.15) is 60.3 Å². The summed E-state index contributed by atoms with van der Waals surface area (Å²) in [5, 5.41) is 2.48. The van der Waals surface area contributed by atoms with Crippen molar-refractivity contribution in [2.75, 3.05) is 13.2 Å². The number of nitrogens with zero attached hydrogens (tertiary/aromatic N) is 1. The van der Waals surface area contributed by atoms with Crippen molar-refractivity contribution in [3.05, 3.63) is 0 Å². The van der Waals surface area contributed by atoms with Gasteiger partial charge in [0.15, 0.2) is 6.61 Å². The highest BCUT2D eigenvalue weighted by Gasteiger charge is 2.29. The lowest BCUT2D eigenvalue weighted by atomic mass is 9.97. The molecule has 0 aromatic rings. The molecule has 0 unspecified atom stereocenters. The van der Waals surface area contributed by atoms with Gasteiger partial charge >= 0.3 is 12.1 Å². The Balaban J connectivity index is 2.26. The molecule has 24 heavy (non-hydrogen) atoms. The zero-order chi connectivity index (χ0) is 18.3. The summed E-state index contributed by atoms with van der Waals surface area (Å²) < 4.78 is 10.1. The Morgan fingerprint density at radius 2 is 1.71 bits per heavy atom. The largest absolute Gasteiger partial charge is 0.456 e. The highest BCUT2D eigenvalue weighted by Crippen LogP contribution is 2.22. The highest BCUT2D eigenvalue weighted by atomic mass is 16.6. The minimum absolute atomic E-state index is 0.00235. The molecule has 7 heteroatoms. The van der Waals surface area contributed by atoms with E-state index in [9.17, 15) is 14.4 Å². The van der Waals surface area contributed by atoms with Gasteiger partial charge in [-0.15, -0.1) is 0 Å². The number of likely N-dealkylation sites (tertiary alicyclic amines) is 1. The average molecular weight is 342 g/mol. The number of carbonyl (C=O) groups is 3. The van der Waals surface area contributed by atoms with Crippen molar-refractivity contribution >= 4 is 18.0 Å². The molecule has 1 rings (SSSR count). The second-order valence-electron chi connectivity index (χ2n) is 7.27. The average Bonchev–Trinajstić information content (AvgIpc) is 2.43. The molecule has 0 spiro atoms. The van der Waals surface area contributed by atoms with Crippen LogP contribution >= 0.6 is 0 Å². The number of alkyl carbamates (subject to hydrolysis) is 1. The zero-order valence-corrected chi connectivity index (χ0v) is 15.4. The summed E-state index contributed by atoms with van der Waals surface area (Å²) >= 11 is 0. The van der Waals surface area contributed by atoms with Gasteiger partial charge in [-0.05, 0) is 53.9 Å². The summed E-state index contributed by atoms with van der Waals surface area (Å²) in [5.41, 5.74) is -0.584. The Bertz CT molecular complexity index is 448. The van der Waals surface area contributed by atoms with Gasteiger partial charge in [-0.25, -0.2) is 4.79 Å². The Hall–Kier alpha value is -1.79. The minimum atomic E-state index is -0.584. The summed E-state index contributed by atoms with van der Waals surface area (Å²) in [4.78, 5) is 37.1. The summed E-state index contributed by atoms with van der Waals surface area (Å²) in [6.45, 7) is 9.16. The number of amides is 2. The molecular weight excluding hydrogens is 312 g/mol.